The zero-order valence-electron chi connectivity index (χ0n) is 7.37. The number of anilines is 1. The van der Waals surface area contributed by atoms with Crippen LogP contribution >= 0.6 is 0 Å². The standard InChI is InChI=1S/C9H12N2O2/c1-6(12)11-8-3-2-7(5-10)9(13)4-8/h2-4,13H,5,10H2,1H3,(H,11,12). The first-order valence-corrected chi connectivity index (χ1v) is 3.93. The zero-order valence-corrected chi connectivity index (χ0v) is 7.37. The number of carbonyl (C=O) groups excluding carboxylic acids is 1. The van der Waals surface area contributed by atoms with Crippen molar-refractivity contribution < 1.29 is 9.90 Å². The Morgan fingerprint density at radius 3 is 2.77 bits per heavy atom. The van der Waals surface area contributed by atoms with Gasteiger partial charge in [0, 0.05) is 30.8 Å². The number of benzene rings is 1. The van der Waals surface area contributed by atoms with Crippen LogP contribution in [0.25, 0.3) is 0 Å². The number of aromatic hydroxyl groups is 1. The summed E-state index contributed by atoms with van der Waals surface area (Å²) in [6.07, 6.45) is 0. The number of phenolic OH excluding ortho intramolecular Hbond substituents is 1. The number of phenols is 1. The molecule has 0 fully saturated rings. The average molecular weight is 180 g/mol. The topological polar surface area (TPSA) is 75.4 Å². The molecule has 70 valence electrons. The van der Waals surface area contributed by atoms with Gasteiger partial charge in [-0.2, -0.15) is 0 Å². The highest BCUT2D eigenvalue weighted by molar-refractivity contribution is 5.88. The van der Waals surface area contributed by atoms with Gasteiger partial charge in [-0.05, 0) is 6.07 Å². The Bertz CT molecular complexity index is 323. The lowest BCUT2D eigenvalue weighted by atomic mass is 10.2. The summed E-state index contributed by atoms with van der Waals surface area (Å²) >= 11 is 0. The molecular formula is C9H12N2O2. The fourth-order valence-corrected chi connectivity index (χ4v) is 1.02. The number of hydrogen-bond acceptors (Lipinski definition) is 3. The molecule has 1 amide bonds. The Hall–Kier alpha value is -1.55. The molecule has 0 atom stereocenters. The van der Waals surface area contributed by atoms with Crippen molar-refractivity contribution in [1.29, 1.82) is 0 Å². The highest BCUT2D eigenvalue weighted by Gasteiger charge is 2.01. The van der Waals surface area contributed by atoms with E-state index in [1.165, 1.54) is 13.0 Å². The Balaban J connectivity index is 2.89. The summed E-state index contributed by atoms with van der Waals surface area (Å²) in [7, 11) is 0. The van der Waals surface area contributed by atoms with Gasteiger partial charge in [-0.15, -0.1) is 0 Å². The molecule has 0 spiro atoms. The quantitative estimate of drug-likeness (QED) is 0.630. The molecule has 1 aromatic carbocycles. The number of hydrogen-bond donors (Lipinski definition) is 3. The SMILES string of the molecule is CC(=O)Nc1ccc(CN)c(O)c1. The van der Waals surface area contributed by atoms with Crippen molar-refractivity contribution >= 4 is 11.6 Å². The monoisotopic (exact) mass is 180 g/mol. The summed E-state index contributed by atoms with van der Waals surface area (Å²) in [5.74, 6) is -0.0614. The van der Waals surface area contributed by atoms with E-state index in [-0.39, 0.29) is 18.2 Å². The third kappa shape index (κ3) is 2.45. The van der Waals surface area contributed by atoms with Gasteiger partial charge < -0.3 is 16.2 Å². The lowest BCUT2D eigenvalue weighted by Crippen LogP contribution is -2.06. The van der Waals surface area contributed by atoms with Crippen molar-refractivity contribution in [2.24, 2.45) is 5.73 Å². The summed E-state index contributed by atoms with van der Waals surface area (Å²) in [6, 6.07) is 4.85. The van der Waals surface area contributed by atoms with Crippen molar-refractivity contribution in [3.8, 4) is 5.75 Å². The predicted molar refractivity (Wildman–Crippen MR) is 50.3 cm³/mol. The maximum Gasteiger partial charge on any atom is 0.221 e. The van der Waals surface area contributed by atoms with Crippen LogP contribution in [0.4, 0.5) is 5.69 Å². The molecule has 0 aromatic heterocycles. The van der Waals surface area contributed by atoms with Crippen LogP contribution in [-0.2, 0) is 11.3 Å². The van der Waals surface area contributed by atoms with Crippen LogP contribution in [0.15, 0.2) is 18.2 Å². The second-order valence-corrected chi connectivity index (χ2v) is 2.73. The number of carbonyl (C=O) groups is 1. The normalized spacial score (nSPS) is 9.69. The minimum absolute atomic E-state index is 0.105. The van der Waals surface area contributed by atoms with Crippen LogP contribution in [0, 0.1) is 0 Å². The lowest BCUT2D eigenvalue weighted by Gasteiger charge is -2.05. The maximum atomic E-state index is 10.7. The van der Waals surface area contributed by atoms with Crippen LogP contribution in [0.3, 0.4) is 0 Å². The molecule has 0 aliphatic rings. The fraction of sp³-hybridized carbons (Fsp3) is 0.222. The lowest BCUT2D eigenvalue weighted by molar-refractivity contribution is -0.114. The smallest absolute Gasteiger partial charge is 0.221 e. The molecule has 0 aliphatic carbocycles. The highest BCUT2D eigenvalue weighted by Crippen LogP contribution is 2.21. The van der Waals surface area contributed by atoms with Gasteiger partial charge in [0.2, 0.25) is 5.91 Å². The van der Waals surface area contributed by atoms with Gasteiger partial charge in [-0.25, -0.2) is 0 Å². The van der Waals surface area contributed by atoms with Gasteiger partial charge in [0.15, 0.2) is 0 Å². The first-order chi connectivity index (χ1) is 6.13. The summed E-state index contributed by atoms with van der Waals surface area (Å²) in [6.45, 7) is 1.69. The average Bonchev–Trinajstić information content (AvgIpc) is 2.03. The number of nitrogens with two attached hydrogens (primary N) is 1. The number of amides is 1. The van der Waals surface area contributed by atoms with Gasteiger partial charge in [0.1, 0.15) is 5.75 Å². The molecule has 0 unspecified atom stereocenters. The zero-order chi connectivity index (χ0) is 9.84. The fourth-order valence-electron chi connectivity index (χ4n) is 1.02. The second-order valence-electron chi connectivity index (χ2n) is 2.73. The third-order valence-electron chi connectivity index (χ3n) is 1.63. The van der Waals surface area contributed by atoms with Crippen molar-refractivity contribution in [1.82, 2.24) is 0 Å². The van der Waals surface area contributed by atoms with E-state index in [1.807, 2.05) is 0 Å². The Morgan fingerprint density at radius 1 is 1.62 bits per heavy atom. The molecule has 0 heterocycles. The van der Waals surface area contributed by atoms with E-state index in [9.17, 15) is 9.90 Å². The summed E-state index contributed by atoms with van der Waals surface area (Å²) in [5, 5.41) is 11.9. The van der Waals surface area contributed by atoms with E-state index in [1.54, 1.807) is 12.1 Å². The molecular weight excluding hydrogens is 168 g/mol. The van der Waals surface area contributed by atoms with Crippen molar-refractivity contribution in [3.63, 3.8) is 0 Å². The van der Waals surface area contributed by atoms with E-state index in [2.05, 4.69) is 5.32 Å². The Kier molecular flexibility index (Phi) is 2.87. The molecule has 4 N–H and O–H groups in total. The molecule has 1 rings (SSSR count). The first kappa shape index (κ1) is 9.54. The van der Waals surface area contributed by atoms with Crippen molar-refractivity contribution in [2.45, 2.75) is 13.5 Å². The molecule has 0 bridgehead atoms. The first-order valence-electron chi connectivity index (χ1n) is 3.93. The van der Waals surface area contributed by atoms with Crippen molar-refractivity contribution in [2.75, 3.05) is 5.32 Å². The Labute approximate surface area is 76.4 Å². The molecule has 4 nitrogen and oxygen atoms in total. The minimum atomic E-state index is -0.167. The molecule has 0 saturated carbocycles. The third-order valence-corrected chi connectivity index (χ3v) is 1.63. The van der Waals surface area contributed by atoms with Gasteiger partial charge in [0.05, 0.1) is 0 Å². The number of nitrogens with one attached hydrogen (secondary N) is 1. The van der Waals surface area contributed by atoms with Crippen LogP contribution in [0.1, 0.15) is 12.5 Å². The van der Waals surface area contributed by atoms with E-state index in [0.29, 0.717) is 11.3 Å². The highest BCUT2D eigenvalue weighted by atomic mass is 16.3. The summed E-state index contributed by atoms with van der Waals surface area (Å²) < 4.78 is 0. The molecule has 0 saturated heterocycles. The number of rotatable bonds is 2. The molecule has 13 heavy (non-hydrogen) atoms. The van der Waals surface area contributed by atoms with E-state index in [4.69, 9.17) is 5.73 Å². The molecule has 0 radical (unpaired) electrons. The minimum Gasteiger partial charge on any atom is -0.508 e. The van der Waals surface area contributed by atoms with Crippen LogP contribution in [0.2, 0.25) is 0 Å². The summed E-state index contributed by atoms with van der Waals surface area (Å²) in [4.78, 5) is 10.7. The second kappa shape index (κ2) is 3.91. The van der Waals surface area contributed by atoms with Crippen molar-refractivity contribution in [3.05, 3.63) is 23.8 Å². The van der Waals surface area contributed by atoms with Gasteiger partial charge in [-0.3, -0.25) is 4.79 Å². The predicted octanol–water partition coefficient (Wildman–Crippen LogP) is 0.809. The van der Waals surface area contributed by atoms with Gasteiger partial charge >= 0.3 is 0 Å². The molecule has 4 heteroatoms. The van der Waals surface area contributed by atoms with E-state index >= 15 is 0 Å². The molecule has 1 aromatic rings. The van der Waals surface area contributed by atoms with E-state index < -0.39 is 0 Å². The molecule has 0 aliphatic heterocycles. The summed E-state index contributed by atoms with van der Waals surface area (Å²) in [5.41, 5.74) is 6.59. The van der Waals surface area contributed by atoms with Gasteiger partial charge in [-0.1, -0.05) is 6.07 Å². The van der Waals surface area contributed by atoms with Crippen LogP contribution in [-0.4, -0.2) is 11.0 Å². The largest absolute Gasteiger partial charge is 0.508 e. The van der Waals surface area contributed by atoms with Crippen LogP contribution in [0.5, 0.6) is 5.75 Å². The van der Waals surface area contributed by atoms with Gasteiger partial charge in [0.25, 0.3) is 0 Å². The Morgan fingerprint density at radius 2 is 2.31 bits per heavy atom. The maximum absolute atomic E-state index is 10.7. The van der Waals surface area contributed by atoms with E-state index in [0.717, 1.165) is 0 Å². The van der Waals surface area contributed by atoms with Crippen LogP contribution < -0.4 is 11.1 Å².